The molecule has 0 aromatic heterocycles. The lowest BCUT2D eigenvalue weighted by Crippen LogP contribution is -2.61. The highest BCUT2D eigenvalue weighted by molar-refractivity contribution is 14.2. The number of aliphatic imine (C=N–C) groups is 1. The van der Waals surface area contributed by atoms with E-state index in [9.17, 15) is 18.4 Å². The van der Waals surface area contributed by atoms with Crippen molar-refractivity contribution >= 4 is 42.5 Å². The minimum absolute atomic E-state index is 0.00552. The maximum atomic E-state index is 14.0. The van der Waals surface area contributed by atoms with E-state index in [0.29, 0.717) is 38.3 Å². The summed E-state index contributed by atoms with van der Waals surface area (Å²) in [6.07, 6.45) is 14.5. The van der Waals surface area contributed by atoms with Gasteiger partial charge < -0.3 is 10.2 Å². The van der Waals surface area contributed by atoms with Crippen molar-refractivity contribution in [2.24, 2.45) is 22.7 Å². The molecule has 7 nitrogen and oxygen atoms in total. The first-order chi connectivity index (χ1) is 21.2. The third-order valence-corrected chi connectivity index (χ3v) is 10.2. The monoisotopic (exact) mass is 733 g/mol. The Morgan fingerprint density at radius 3 is 2.50 bits per heavy atom. The zero-order valence-electron chi connectivity index (χ0n) is 28.2. The molecule has 1 aliphatic rings. The molecular formula is C34H58F2IN5O2. The molecule has 2 amide bonds. The number of allylic oxidation sites excluding steroid dienone is 4. The quantitative estimate of drug-likeness (QED) is 0.0275. The predicted molar refractivity (Wildman–Crippen MR) is 191 cm³/mol. The van der Waals surface area contributed by atoms with E-state index in [1.807, 2.05) is 48.0 Å². The average molecular weight is 734 g/mol. The number of nitrogens with zero attached hydrogens (tertiary/aromatic N) is 4. The van der Waals surface area contributed by atoms with Crippen LogP contribution in [0.15, 0.2) is 40.9 Å². The second-order valence-corrected chi connectivity index (χ2v) is 14.0. The van der Waals surface area contributed by atoms with Gasteiger partial charge in [0.1, 0.15) is 3.76 Å². The maximum Gasteiger partial charge on any atom is 0.233 e. The largest absolute Gasteiger partial charge is 0.345 e. The minimum Gasteiger partial charge on any atom is -0.345 e. The molecule has 0 spiro atoms. The molecule has 44 heavy (non-hydrogen) atoms. The number of carbonyl (C=O) groups is 2. The average Bonchev–Trinajstić information content (AvgIpc) is 3.02. The Morgan fingerprint density at radius 1 is 1.20 bits per heavy atom. The van der Waals surface area contributed by atoms with Crippen molar-refractivity contribution < 1.29 is 18.4 Å². The summed E-state index contributed by atoms with van der Waals surface area (Å²) in [5.74, 6) is -0.312. The summed E-state index contributed by atoms with van der Waals surface area (Å²) in [4.78, 5) is 38.2. The van der Waals surface area contributed by atoms with E-state index in [1.54, 1.807) is 7.05 Å². The fraction of sp³-hybridized carbons (Fsp3) is 0.706. The van der Waals surface area contributed by atoms with Crippen molar-refractivity contribution in [1.82, 2.24) is 20.0 Å². The fourth-order valence-corrected chi connectivity index (χ4v) is 7.57. The standard InChI is InChI=1S/C34H58F2IN5O2/c1-8-30(15-16-31(22-35)23-36)21-32-29(5)41(20-14-18-40(26-43)25-27(2)3)34(37-6)42(33(32)44)19-13-11-9-10-12-17-39-24-28(4)38-7/h8-11,13,26-27,29,31-32,39H,12,14-25H2,1-7H3/b10-9-,13-11+,30-8-,38-28?/t29-,32?/m0/s1. The first kappa shape index (κ1) is 40.2. The molecule has 1 fully saturated rings. The lowest BCUT2D eigenvalue weighted by molar-refractivity contribution is -0.135. The van der Waals surface area contributed by atoms with E-state index in [2.05, 4.69) is 47.0 Å². The van der Waals surface area contributed by atoms with Crippen LogP contribution in [0.5, 0.6) is 0 Å². The Balaban J connectivity index is 3.07. The van der Waals surface area contributed by atoms with Crippen LogP contribution in [0.1, 0.15) is 66.7 Å². The van der Waals surface area contributed by atoms with Gasteiger partial charge in [-0.2, -0.15) is 0 Å². The van der Waals surface area contributed by atoms with E-state index in [-0.39, 0.29) is 17.9 Å². The number of halogens is 3. The normalized spacial score (nSPS) is 20.1. The van der Waals surface area contributed by atoms with E-state index in [1.165, 1.54) is 0 Å². The first-order valence-corrected chi connectivity index (χ1v) is 19.2. The molecule has 0 saturated carbocycles. The van der Waals surface area contributed by atoms with E-state index in [0.717, 1.165) is 60.5 Å². The third kappa shape index (κ3) is 14.5. The molecule has 1 aliphatic heterocycles. The molecule has 2 atom stereocenters. The molecule has 252 valence electrons. The van der Waals surface area contributed by atoms with Gasteiger partial charge in [-0.1, -0.05) is 70.5 Å². The van der Waals surface area contributed by atoms with Crippen molar-refractivity contribution in [3.63, 3.8) is 0 Å². The molecule has 0 aromatic rings. The van der Waals surface area contributed by atoms with E-state index < -0.39 is 40.0 Å². The Bertz CT molecular complexity index is 994. The first-order valence-electron chi connectivity index (χ1n) is 16.0. The SMILES string of the molecule is C/C=C(/CCC(CF)CF)CC1C(=O)N(C/C=C/C=C\CCNCC(C)=NC)C(=IC)N(CCCN(C=O)CC(C)C)[C@H]1C. The molecule has 1 saturated heterocycles. The zero-order chi connectivity index (χ0) is 32.9. The Kier molecular flexibility index (Phi) is 21.5. The number of rotatable bonds is 22. The van der Waals surface area contributed by atoms with E-state index in [4.69, 9.17) is 0 Å². The van der Waals surface area contributed by atoms with Gasteiger partial charge in [0, 0.05) is 57.4 Å². The molecule has 0 radical (unpaired) electrons. The summed E-state index contributed by atoms with van der Waals surface area (Å²) in [5.41, 5.74) is 2.16. The second kappa shape index (κ2) is 23.5. The molecule has 1 rings (SSSR count). The molecule has 1 heterocycles. The van der Waals surface area contributed by atoms with Gasteiger partial charge in [0.2, 0.25) is 12.3 Å². The molecule has 0 bridgehead atoms. The highest BCUT2D eigenvalue weighted by Crippen LogP contribution is 2.32. The van der Waals surface area contributed by atoms with Gasteiger partial charge in [0.15, 0.2) is 0 Å². The fourth-order valence-electron chi connectivity index (χ4n) is 5.25. The number of hydrogen-bond donors (Lipinski definition) is 1. The van der Waals surface area contributed by atoms with Gasteiger partial charge in [0.25, 0.3) is 0 Å². The summed E-state index contributed by atoms with van der Waals surface area (Å²) in [5, 5.41) is 3.36. The zero-order valence-corrected chi connectivity index (χ0v) is 30.4. The van der Waals surface area contributed by atoms with Crippen LogP contribution < -0.4 is 5.32 Å². The van der Waals surface area contributed by atoms with Crippen LogP contribution in [-0.4, -0.2) is 107 Å². The smallest absolute Gasteiger partial charge is 0.233 e. The predicted octanol–water partition coefficient (Wildman–Crippen LogP) is 6.18. The number of carbonyl (C=O) groups excluding carboxylic acids is 2. The van der Waals surface area contributed by atoms with Crippen LogP contribution in [0.4, 0.5) is 8.78 Å². The minimum atomic E-state index is -0.661. The second-order valence-electron chi connectivity index (χ2n) is 11.9. The topological polar surface area (TPSA) is 68.2 Å². The molecule has 0 aromatic carbocycles. The van der Waals surface area contributed by atoms with Crippen LogP contribution in [0.2, 0.25) is 0 Å². The van der Waals surface area contributed by atoms with Gasteiger partial charge in [-0.3, -0.25) is 33.2 Å². The van der Waals surface area contributed by atoms with Crippen LogP contribution in [-0.2, 0) is 9.59 Å². The van der Waals surface area contributed by atoms with Crippen molar-refractivity contribution in [1.29, 1.82) is 0 Å². The van der Waals surface area contributed by atoms with Gasteiger partial charge in [0.05, 0.1) is 19.3 Å². The number of amides is 2. The number of alkyl halides is 3. The van der Waals surface area contributed by atoms with Gasteiger partial charge in [-0.05, 0) is 70.3 Å². The lowest BCUT2D eigenvalue weighted by atomic mass is 9.86. The maximum absolute atomic E-state index is 14.0. The van der Waals surface area contributed by atoms with Crippen LogP contribution in [0.3, 0.4) is 0 Å². The lowest BCUT2D eigenvalue weighted by Gasteiger charge is -2.46. The van der Waals surface area contributed by atoms with Crippen LogP contribution in [0.25, 0.3) is 0 Å². The molecule has 10 heteroatoms. The Labute approximate surface area is 276 Å². The van der Waals surface area contributed by atoms with E-state index >= 15 is 0 Å². The van der Waals surface area contributed by atoms with Gasteiger partial charge >= 0.3 is 0 Å². The molecule has 0 aliphatic carbocycles. The summed E-state index contributed by atoms with van der Waals surface area (Å²) in [6, 6.07) is -0.00552. The highest BCUT2D eigenvalue weighted by Gasteiger charge is 2.41. The Hall–Kier alpha value is -1.79. The summed E-state index contributed by atoms with van der Waals surface area (Å²) in [7, 11) is 1.80. The molecular weight excluding hydrogens is 675 g/mol. The van der Waals surface area contributed by atoms with Crippen molar-refractivity contribution in [2.75, 3.05) is 64.6 Å². The molecule has 1 N–H and O–H groups in total. The number of hydrogen-bond acceptors (Lipinski definition) is 5. The summed E-state index contributed by atoms with van der Waals surface area (Å²) >= 11 is -0.412. The van der Waals surface area contributed by atoms with Crippen LogP contribution in [0, 0.1) is 17.8 Å². The summed E-state index contributed by atoms with van der Waals surface area (Å²) in [6.45, 7) is 13.3. The van der Waals surface area contributed by atoms with Crippen LogP contribution >= 0.6 is 20.7 Å². The van der Waals surface area contributed by atoms with Crippen molar-refractivity contribution in [3.05, 3.63) is 36.0 Å². The highest BCUT2D eigenvalue weighted by atomic mass is 127. The van der Waals surface area contributed by atoms with Crippen molar-refractivity contribution in [3.8, 4) is 0 Å². The van der Waals surface area contributed by atoms with Gasteiger partial charge in [-0.25, -0.2) is 0 Å². The summed E-state index contributed by atoms with van der Waals surface area (Å²) < 4.78 is 27.5. The Morgan fingerprint density at radius 2 is 1.91 bits per heavy atom. The molecule has 1 unspecified atom stereocenters. The third-order valence-electron chi connectivity index (χ3n) is 8.00. The van der Waals surface area contributed by atoms with Gasteiger partial charge in [-0.15, -0.1) is 0 Å². The van der Waals surface area contributed by atoms with Crippen molar-refractivity contribution in [2.45, 2.75) is 72.8 Å². The number of nitrogens with one attached hydrogen (secondary N) is 1.